The average Bonchev–Trinajstić information content (AvgIpc) is 4.12. The normalized spacial score (nSPS) is 16.6. The molecule has 14 heteroatoms. The lowest BCUT2D eigenvalue weighted by atomic mass is 9.98. The number of rotatable bonds is 42. The Morgan fingerprint density at radius 2 is 0.931 bits per heavy atom. The fourth-order valence-electron chi connectivity index (χ4n) is 7.15. The number of hydrogen-bond acceptors (Lipinski definition) is 12. The van der Waals surface area contributed by atoms with E-state index in [2.05, 4.69) is 34.3 Å². The maximum atomic E-state index is 12.7. The van der Waals surface area contributed by atoms with E-state index in [1.165, 1.54) is 103 Å². The topological polar surface area (TPSA) is 161 Å². The molecule has 13 nitrogen and oxygen atoms in total. The van der Waals surface area contributed by atoms with Gasteiger partial charge in [0.25, 0.3) is 7.82 Å². The molecule has 0 aromatic rings. The highest BCUT2D eigenvalue weighted by Crippen LogP contribution is 2.40. The number of nitrogens with zero attached hydrogens (tertiary/aromatic N) is 5. The monoisotopic (exact) mass is 842 g/mol. The van der Waals surface area contributed by atoms with Crippen LogP contribution in [0.4, 0.5) is 0 Å². The minimum atomic E-state index is -4.63. The van der Waals surface area contributed by atoms with E-state index >= 15 is 0 Å². The van der Waals surface area contributed by atoms with E-state index in [9.17, 15) is 19.0 Å². The maximum Gasteiger partial charge on any atom is 0.306 e. The fourth-order valence-corrected chi connectivity index (χ4v) is 7.88. The molecule has 0 amide bonds. The molecule has 2 aliphatic rings. The van der Waals surface area contributed by atoms with Crippen LogP contribution in [-0.2, 0) is 32.7 Å². The van der Waals surface area contributed by atoms with Crippen molar-refractivity contribution < 1.29 is 42.1 Å². The number of phosphoric acid groups is 1. The molecule has 2 heterocycles. The number of unbranched alkanes of at least 4 members (excludes halogenated alkanes) is 20. The number of carbonyl (C=O) groups is 2. The van der Waals surface area contributed by atoms with Gasteiger partial charge in [0.15, 0.2) is 17.4 Å². The van der Waals surface area contributed by atoms with Crippen LogP contribution in [0, 0.1) is 0 Å². The Hall–Kier alpha value is -1.79. The van der Waals surface area contributed by atoms with E-state index in [0.717, 1.165) is 70.6 Å². The Labute approximate surface area is 352 Å². The summed E-state index contributed by atoms with van der Waals surface area (Å²) in [5, 5.41) is 17.2. The first-order valence-corrected chi connectivity index (χ1v) is 24.9. The Morgan fingerprint density at radius 3 is 1.33 bits per heavy atom. The van der Waals surface area contributed by atoms with Crippen molar-refractivity contribution in [3.63, 3.8) is 0 Å². The first-order valence-electron chi connectivity index (χ1n) is 23.5. The van der Waals surface area contributed by atoms with Crippen LogP contribution < -0.4 is 4.89 Å². The predicted octanol–water partition coefficient (Wildman–Crippen LogP) is 11.7. The molecule has 0 spiro atoms. The second-order valence-electron chi connectivity index (χ2n) is 18.0. The third-order valence-electron chi connectivity index (χ3n) is 11.2. The van der Waals surface area contributed by atoms with Gasteiger partial charge in [-0.05, 0) is 64.2 Å². The second kappa shape index (κ2) is 30.3. The van der Waals surface area contributed by atoms with Crippen LogP contribution in [0.1, 0.15) is 206 Å². The van der Waals surface area contributed by atoms with Gasteiger partial charge in [0.05, 0.1) is 27.7 Å². The van der Waals surface area contributed by atoms with Crippen LogP contribution >= 0.6 is 7.82 Å². The summed E-state index contributed by atoms with van der Waals surface area (Å²) in [5.41, 5.74) is -0.0372. The van der Waals surface area contributed by atoms with Crippen LogP contribution in [0.3, 0.4) is 0 Å². The summed E-state index contributed by atoms with van der Waals surface area (Å²) in [6, 6.07) is 0. The van der Waals surface area contributed by atoms with Crippen molar-refractivity contribution in [2.24, 2.45) is 20.5 Å². The van der Waals surface area contributed by atoms with E-state index < -0.39 is 32.5 Å². The molecule has 0 N–H and O–H groups in total. The number of ether oxygens (including phenoxy) is 2. The summed E-state index contributed by atoms with van der Waals surface area (Å²) >= 11 is 0. The van der Waals surface area contributed by atoms with Crippen molar-refractivity contribution in [3.8, 4) is 0 Å². The van der Waals surface area contributed by atoms with Gasteiger partial charge in [0.2, 0.25) is 0 Å². The highest BCUT2D eigenvalue weighted by Gasteiger charge is 2.38. The number of carbonyl (C=O) groups excluding carboxylic acids is 2. The van der Waals surface area contributed by atoms with Gasteiger partial charge in [0, 0.05) is 12.8 Å². The summed E-state index contributed by atoms with van der Waals surface area (Å²) < 4.78 is 34.0. The number of phosphoric ester groups is 1. The molecule has 2 rings (SSSR count). The molecular formula is C44H84N5O8P. The summed E-state index contributed by atoms with van der Waals surface area (Å²) in [5.74, 6) is -0.852. The lowest BCUT2D eigenvalue weighted by molar-refractivity contribution is -0.870. The Morgan fingerprint density at radius 1 is 0.552 bits per heavy atom. The molecule has 0 saturated heterocycles. The number of esters is 2. The van der Waals surface area contributed by atoms with Crippen molar-refractivity contribution in [1.29, 1.82) is 0 Å². The van der Waals surface area contributed by atoms with Crippen molar-refractivity contribution in [1.82, 2.24) is 0 Å². The van der Waals surface area contributed by atoms with E-state index in [4.69, 9.17) is 18.5 Å². The zero-order valence-electron chi connectivity index (χ0n) is 37.6. The maximum absolute atomic E-state index is 12.7. The predicted molar refractivity (Wildman–Crippen MR) is 228 cm³/mol. The molecule has 2 unspecified atom stereocenters. The van der Waals surface area contributed by atoms with Gasteiger partial charge in [-0.1, -0.05) is 129 Å². The zero-order valence-corrected chi connectivity index (χ0v) is 38.5. The highest BCUT2D eigenvalue weighted by molar-refractivity contribution is 7.45. The molecule has 2 aliphatic heterocycles. The molecule has 0 aromatic heterocycles. The first-order chi connectivity index (χ1) is 27.8. The molecular weight excluding hydrogens is 757 g/mol. The van der Waals surface area contributed by atoms with Gasteiger partial charge in [-0.2, -0.15) is 20.5 Å². The quantitative estimate of drug-likeness (QED) is 0.0254. The zero-order chi connectivity index (χ0) is 42.4. The minimum Gasteiger partial charge on any atom is -0.756 e. The molecule has 0 saturated carbocycles. The van der Waals surface area contributed by atoms with Crippen LogP contribution in [-0.4, -0.2) is 81.4 Å². The van der Waals surface area contributed by atoms with Crippen LogP contribution in [0.5, 0.6) is 0 Å². The van der Waals surface area contributed by atoms with E-state index in [1.807, 2.05) is 21.1 Å². The van der Waals surface area contributed by atoms with E-state index in [-0.39, 0.29) is 37.4 Å². The molecule has 2 atom stereocenters. The van der Waals surface area contributed by atoms with Crippen molar-refractivity contribution in [3.05, 3.63) is 0 Å². The van der Waals surface area contributed by atoms with Gasteiger partial charge in [-0.15, -0.1) is 0 Å². The molecule has 0 radical (unpaired) electrons. The minimum absolute atomic E-state index is 0.0165. The average molecular weight is 842 g/mol. The summed E-state index contributed by atoms with van der Waals surface area (Å²) in [6.45, 7) is 4.12. The van der Waals surface area contributed by atoms with Crippen LogP contribution in [0.25, 0.3) is 0 Å². The number of hydrogen-bond donors (Lipinski definition) is 0. The molecule has 338 valence electrons. The second-order valence-corrected chi connectivity index (χ2v) is 19.4. The summed E-state index contributed by atoms with van der Waals surface area (Å²) in [4.78, 5) is 37.7. The number of quaternary nitrogens is 1. The Balaban J connectivity index is 1.55. The largest absolute Gasteiger partial charge is 0.756 e. The van der Waals surface area contributed by atoms with E-state index in [0.29, 0.717) is 17.4 Å². The standard InChI is InChI=1S/C44H84N5O8P/c1-6-8-32-43(45-46-43)34-28-24-20-16-12-10-14-18-22-26-30-41(50)54-38-40(39-56-58(52,53)55-37-36-49(3,4)5)57-42(51)31-27-23-19-15-11-13-17-21-25-29-35-44(47-48-44)33-9-7-2/h40H,6-39H2,1-5H3. The van der Waals surface area contributed by atoms with Gasteiger partial charge in [-0.25, -0.2) is 0 Å². The third kappa shape index (κ3) is 28.6. The van der Waals surface area contributed by atoms with Crippen LogP contribution in [0.15, 0.2) is 20.5 Å². The lowest BCUT2D eigenvalue weighted by Crippen LogP contribution is -2.37. The van der Waals surface area contributed by atoms with Crippen LogP contribution in [0.2, 0.25) is 0 Å². The van der Waals surface area contributed by atoms with Gasteiger partial charge < -0.3 is 27.9 Å². The number of likely N-dealkylation sites (N-methyl/N-ethyl adjacent to an activating group) is 1. The summed E-state index contributed by atoms with van der Waals surface area (Å²) in [7, 11) is 1.15. The van der Waals surface area contributed by atoms with Crippen molar-refractivity contribution >= 4 is 19.8 Å². The van der Waals surface area contributed by atoms with Gasteiger partial charge >= 0.3 is 11.9 Å². The van der Waals surface area contributed by atoms with Crippen molar-refractivity contribution in [2.75, 3.05) is 47.5 Å². The SMILES string of the molecule is CCCCC1(CCCCCCCCCCCCC(=O)OCC(COP(=O)([O-])OCC[N+](C)(C)C)OC(=O)CCCCCCCCCCCCC2(CCCC)N=N2)N=N1. The lowest BCUT2D eigenvalue weighted by Gasteiger charge is -2.28. The molecule has 0 fully saturated rings. The third-order valence-corrected chi connectivity index (χ3v) is 12.2. The molecule has 0 aromatic carbocycles. The van der Waals surface area contributed by atoms with Crippen molar-refractivity contribution in [2.45, 2.75) is 224 Å². The Bertz CT molecular complexity index is 1200. The summed E-state index contributed by atoms with van der Waals surface area (Å²) in [6.07, 6.45) is 31.2. The molecule has 0 aliphatic carbocycles. The Kier molecular flexibility index (Phi) is 27.3. The molecule has 58 heavy (non-hydrogen) atoms. The fraction of sp³-hybridized carbons (Fsp3) is 0.955. The van der Waals surface area contributed by atoms with Gasteiger partial charge in [0.1, 0.15) is 19.8 Å². The smallest absolute Gasteiger partial charge is 0.306 e. The highest BCUT2D eigenvalue weighted by atomic mass is 31.2. The molecule has 0 bridgehead atoms. The van der Waals surface area contributed by atoms with Gasteiger partial charge in [-0.3, -0.25) is 14.2 Å². The first kappa shape index (κ1) is 52.3. The van der Waals surface area contributed by atoms with E-state index in [1.54, 1.807) is 0 Å².